The first-order chi connectivity index (χ1) is 5.37. The monoisotopic (exact) mass is 198 g/mol. The minimum atomic E-state index is -4.69. The summed E-state index contributed by atoms with van der Waals surface area (Å²) in [4.78, 5) is 26.9. The number of phosphoric acid groups is 1. The van der Waals surface area contributed by atoms with E-state index in [1.807, 2.05) is 0 Å². The standard InChI is InChI=1S/C5H11O6P/c1-2-3-4(5(6)7)11-12(8,9)10/h4H,2-3H2,1H3,(H,6,7)(H2,8,9,10). The van der Waals surface area contributed by atoms with E-state index in [9.17, 15) is 9.36 Å². The molecule has 1 unspecified atom stereocenters. The van der Waals surface area contributed by atoms with Crippen LogP contribution in [0.3, 0.4) is 0 Å². The minimum Gasteiger partial charge on any atom is -0.479 e. The summed E-state index contributed by atoms with van der Waals surface area (Å²) < 4.78 is 14.2. The molecule has 0 bridgehead atoms. The second-order valence-electron chi connectivity index (χ2n) is 2.21. The van der Waals surface area contributed by atoms with Gasteiger partial charge >= 0.3 is 13.8 Å². The molecule has 0 fully saturated rings. The number of rotatable bonds is 5. The van der Waals surface area contributed by atoms with Crippen LogP contribution in [0.5, 0.6) is 0 Å². The first kappa shape index (κ1) is 11.6. The molecule has 0 rings (SSSR count). The van der Waals surface area contributed by atoms with Crippen molar-refractivity contribution in [3.8, 4) is 0 Å². The van der Waals surface area contributed by atoms with Gasteiger partial charge in [-0.05, 0) is 6.42 Å². The number of hydrogen-bond acceptors (Lipinski definition) is 3. The lowest BCUT2D eigenvalue weighted by Crippen LogP contribution is -2.22. The fraction of sp³-hybridized carbons (Fsp3) is 0.800. The average Bonchev–Trinajstić information content (AvgIpc) is 1.83. The molecule has 72 valence electrons. The van der Waals surface area contributed by atoms with Gasteiger partial charge < -0.3 is 14.9 Å². The SMILES string of the molecule is CCCC(OP(=O)(O)O)C(=O)O. The van der Waals surface area contributed by atoms with Gasteiger partial charge in [0.05, 0.1) is 0 Å². The number of phosphoric ester groups is 1. The lowest BCUT2D eigenvalue weighted by molar-refractivity contribution is -0.146. The molecule has 0 aromatic heterocycles. The number of hydrogen-bond donors (Lipinski definition) is 3. The van der Waals surface area contributed by atoms with Crippen LogP contribution < -0.4 is 0 Å². The zero-order valence-corrected chi connectivity index (χ0v) is 7.40. The van der Waals surface area contributed by atoms with Crippen molar-refractivity contribution in [2.45, 2.75) is 25.9 Å². The molecule has 0 spiro atoms. The Kier molecular flexibility index (Phi) is 4.41. The Morgan fingerprint density at radius 2 is 2.08 bits per heavy atom. The van der Waals surface area contributed by atoms with E-state index < -0.39 is 19.9 Å². The third kappa shape index (κ3) is 5.26. The van der Waals surface area contributed by atoms with Crippen LogP contribution in [0.15, 0.2) is 0 Å². The predicted octanol–water partition coefficient (Wildman–Crippen LogP) is 0.349. The third-order valence-corrected chi connectivity index (χ3v) is 1.62. The van der Waals surface area contributed by atoms with Crippen LogP contribution in [0.4, 0.5) is 0 Å². The van der Waals surface area contributed by atoms with Crippen molar-refractivity contribution in [2.24, 2.45) is 0 Å². The fourth-order valence-electron chi connectivity index (χ4n) is 0.649. The van der Waals surface area contributed by atoms with E-state index in [1.54, 1.807) is 6.92 Å². The molecule has 0 aromatic rings. The van der Waals surface area contributed by atoms with Gasteiger partial charge in [0.2, 0.25) is 0 Å². The Labute approximate surface area is 69.4 Å². The largest absolute Gasteiger partial charge is 0.479 e. The summed E-state index contributed by atoms with van der Waals surface area (Å²) in [5.74, 6) is -1.36. The van der Waals surface area contributed by atoms with Gasteiger partial charge in [-0.25, -0.2) is 9.36 Å². The first-order valence-electron chi connectivity index (χ1n) is 3.33. The van der Waals surface area contributed by atoms with E-state index in [-0.39, 0.29) is 6.42 Å². The van der Waals surface area contributed by atoms with Gasteiger partial charge in [-0.3, -0.25) is 4.52 Å². The normalized spacial score (nSPS) is 14.2. The van der Waals surface area contributed by atoms with Crippen molar-refractivity contribution in [3.05, 3.63) is 0 Å². The van der Waals surface area contributed by atoms with Crippen LogP contribution in [-0.4, -0.2) is 27.0 Å². The fourth-order valence-corrected chi connectivity index (χ4v) is 1.18. The molecule has 0 saturated heterocycles. The second-order valence-corrected chi connectivity index (χ2v) is 3.40. The maximum Gasteiger partial charge on any atom is 0.470 e. The van der Waals surface area contributed by atoms with Crippen LogP contribution >= 0.6 is 7.82 Å². The van der Waals surface area contributed by atoms with Crippen molar-refractivity contribution < 1.29 is 28.8 Å². The Morgan fingerprint density at radius 3 is 2.33 bits per heavy atom. The van der Waals surface area contributed by atoms with Crippen molar-refractivity contribution >= 4 is 13.8 Å². The van der Waals surface area contributed by atoms with Crippen LogP contribution in [0, 0.1) is 0 Å². The van der Waals surface area contributed by atoms with Gasteiger partial charge in [0.1, 0.15) is 0 Å². The van der Waals surface area contributed by atoms with Gasteiger partial charge in [0, 0.05) is 0 Å². The quantitative estimate of drug-likeness (QED) is 0.550. The van der Waals surface area contributed by atoms with E-state index in [2.05, 4.69) is 4.52 Å². The highest BCUT2D eigenvalue weighted by Crippen LogP contribution is 2.38. The van der Waals surface area contributed by atoms with Gasteiger partial charge in [-0.1, -0.05) is 13.3 Å². The zero-order valence-electron chi connectivity index (χ0n) is 6.51. The Balaban J connectivity index is 4.14. The number of aliphatic carboxylic acids is 1. The number of carbonyl (C=O) groups is 1. The lowest BCUT2D eigenvalue weighted by Gasteiger charge is -2.12. The van der Waals surface area contributed by atoms with Crippen LogP contribution in [0.25, 0.3) is 0 Å². The number of carboxylic acid groups (broad SMARTS) is 1. The van der Waals surface area contributed by atoms with Crippen LogP contribution in [0.2, 0.25) is 0 Å². The van der Waals surface area contributed by atoms with Crippen molar-refractivity contribution in [1.82, 2.24) is 0 Å². The maximum atomic E-state index is 10.3. The minimum absolute atomic E-state index is 0.0838. The topological polar surface area (TPSA) is 104 Å². The molecule has 0 aliphatic rings. The second kappa shape index (κ2) is 4.57. The third-order valence-electron chi connectivity index (χ3n) is 1.09. The van der Waals surface area contributed by atoms with E-state index in [0.717, 1.165) is 0 Å². The smallest absolute Gasteiger partial charge is 0.470 e. The highest BCUT2D eigenvalue weighted by molar-refractivity contribution is 7.46. The molecule has 0 saturated carbocycles. The molecule has 6 nitrogen and oxygen atoms in total. The molecular weight excluding hydrogens is 187 g/mol. The number of carboxylic acids is 1. The van der Waals surface area contributed by atoms with Gasteiger partial charge in [0.25, 0.3) is 0 Å². The molecule has 0 aromatic carbocycles. The van der Waals surface area contributed by atoms with E-state index in [0.29, 0.717) is 6.42 Å². The maximum absolute atomic E-state index is 10.3. The average molecular weight is 198 g/mol. The van der Waals surface area contributed by atoms with E-state index in [4.69, 9.17) is 14.9 Å². The Hall–Kier alpha value is -0.420. The highest BCUT2D eigenvalue weighted by Gasteiger charge is 2.26. The van der Waals surface area contributed by atoms with Gasteiger partial charge in [0.15, 0.2) is 6.10 Å². The molecule has 0 heterocycles. The van der Waals surface area contributed by atoms with Crippen LogP contribution in [-0.2, 0) is 13.9 Å². The summed E-state index contributed by atoms with van der Waals surface area (Å²) in [5, 5.41) is 8.40. The molecule has 3 N–H and O–H groups in total. The Bertz CT molecular complexity index is 196. The predicted molar refractivity (Wildman–Crippen MR) is 39.5 cm³/mol. The summed E-state index contributed by atoms with van der Waals surface area (Å²) in [7, 11) is -4.69. The molecule has 0 aliphatic heterocycles. The molecule has 0 aliphatic carbocycles. The molecule has 1 atom stereocenters. The molecular formula is C5H11O6P. The van der Waals surface area contributed by atoms with Gasteiger partial charge in [-0.15, -0.1) is 0 Å². The summed E-state index contributed by atoms with van der Waals surface area (Å²) in [5.41, 5.74) is 0. The summed E-state index contributed by atoms with van der Waals surface area (Å²) in [6.07, 6.45) is -0.854. The summed E-state index contributed by atoms with van der Waals surface area (Å²) in [6.45, 7) is 1.69. The van der Waals surface area contributed by atoms with Crippen LogP contribution in [0.1, 0.15) is 19.8 Å². The zero-order chi connectivity index (χ0) is 9.78. The van der Waals surface area contributed by atoms with E-state index >= 15 is 0 Å². The summed E-state index contributed by atoms with van der Waals surface area (Å²) >= 11 is 0. The highest BCUT2D eigenvalue weighted by atomic mass is 31.2. The first-order valence-corrected chi connectivity index (χ1v) is 4.86. The molecule has 12 heavy (non-hydrogen) atoms. The van der Waals surface area contributed by atoms with Crippen molar-refractivity contribution in [3.63, 3.8) is 0 Å². The van der Waals surface area contributed by atoms with Gasteiger partial charge in [-0.2, -0.15) is 0 Å². The Morgan fingerprint density at radius 1 is 1.58 bits per heavy atom. The molecule has 7 heteroatoms. The van der Waals surface area contributed by atoms with Crippen molar-refractivity contribution in [1.29, 1.82) is 0 Å². The lowest BCUT2D eigenvalue weighted by atomic mass is 10.2. The molecule has 0 amide bonds. The van der Waals surface area contributed by atoms with Crippen molar-refractivity contribution in [2.75, 3.05) is 0 Å². The summed E-state index contributed by atoms with van der Waals surface area (Å²) in [6, 6.07) is 0. The van der Waals surface area contributed by atoms with E-state index in [1.165, 1.54) is 0 Å². The molecule has 0 radical (unpaired) electrons.